The van der Waals surface area contributed by atoms with Gasteiger partial charge in [0.1, 0.15) is 12.0 Å². The summed E-state index contributed by atoms with van der Waals surface area (Å²) in [6.45, 7) is 0.0285. The van der Waals surface area contributed by atoms with Crippen LogP contribution < -0.4 is 19.0 Å². The molecule has 1 aromatic carbocycles. The van der Waals surface area contributed by atoms with Crippen molar-refractivity contribution < 1.29 is 40.0 Å². The van der Waals surface area contributed by atoms with Crippen LogP contribution in [-0.2, 0) is 14.9 Å². The molecular formula is C17H18F3NO6S. The molecule has 0 atom stereocenters. The van der Waals surface area contributed by atoms with Crippen molar-refractivity contribution in [2.24, 2.45) is 5.92 Å². The van der Waals surface area contributed by atoms with Gasteiger partial charge in [-0.3, -0.25) is 4.79 Å². The number of benzene rings is 1. The summed E-state index contributed by atoms with van der Waals surface area (Å²) in [5.74, 6) is -0.361. The molecule has 2 aliphatic rings. The third-order valence-corrected chi connectivity index (χ3v) is 5.35. The molecule has 1 fully saturated rings. The summed E-state index contributed by atoms with van der Waals surface area (Å²) in [6.07, 6.45) is 6.07. The standard InChI is InChI=1S/C17H18F3NO6S/c18-17(19,20)28(23,24)27-12-6-7-14-15(8-12)26-13(10-25-14)9-21-16(22)11-4-2-1-3-5-11/h6-8,10-11H,1-5,9H2,(H,21,22). The molecule has 0 spiro atoms. The predicted molar refractivity (Wildman–Crippen MR) is 91.0 cm³/mol. The van der Waals surface area contributed by atoms with E-state index in [-0.39, 0.29) is 35.6 Å². The Morgan fingerprint density at radius 1 is 1.18 bits per heavy atom. The van der Waals surface area contributed by atoms with Gasteiger partial charge >= 0.3 is 15.6 Å². The van der Waals surface area contributed by atoms with Gasteiger partial charge in [0, 0.05) is 12.0 Å². The summed E-state index contributed by atoms with van der Waals surface area (Å²) in [5.41, 5.74) is -5.55. The number of ether oxygens (including phenoxy) is 2. The average Bonchev–Trinajstić information content (AvgIpc) is 2.65. The van der Waals surface area contributed by atoms with E-state index in [2.05, 4.69) is 9.50 Å². The fraction of sp³-hybridized carbons (Fsp3) is 0.471. The van der Waals surface area contributed by atoms with Gasteiger partial charge in [0.05, 0.1) is 6.54 Å². The molecule has 3 rings (SSSR count). The molecule has 11 heteroatoms. The minimum Gasteiger partial charge on any atom is -0.457 e. The highest BCUT2D eigenvalue weighted by atomic mass is 32.2. The second kappa shape index (κ2) is 7.90. The van der Waals surface area contributed by atoms with Crippen LogP contribution in [0.25, 0.3) is 0 Å². The van der Waals surface area contributed by atoms with Crippen molar-refractivity contribution in [3.63, 3.8) is 0 Å². The molecule has 0 unspecified atom stereocenters. The van der Waals surface area contributed by atoms with Crippen molar-refractivity contribution >= 4 is 16.0 Å². The highest BCUT2D eigenvalue weighted by molar-refractivity contribution is 7.88. The second-order valence-electron chi connectivity index (χ2n) is 6.45. The number of amides is 1. The fourth-order valence-corrected chi connectivity index (χ4v) is 3.40. The summed E-state index contributed by atoms with van der Waals surface area (Å²) in [6, 6.07) is 3.19. The lowest BCUT2D eigenvalue weighted by molar-refractivity contribution is -0.125. The van der Waals surface area contributed by atoms with Gasteiger partial charge in [0.2, 0.25) is 5.91 Å². The second-order valence-corrected chi connectivity index (χ2v) is 7.99. The number of hydrogen-bond acceptors (Lipinski definition) is 6. The Bertz CT molecular complexity index is 875. The monoisotopic (exact) mass is 421 g/mol. The van der Waals surface area contributed by atoms with E-state index >= 15 is 0 Å². The largest absolute Gasteiger partial charge is 0.534 e. The molecule has 0 bridgehead atoms. The lowest BCUT2D eigenvalue weighted by Gasteiger charge is -2.22. The number of nitrogens with one attached hydrogen (secondary N) is 1. The Balaban J connectivity index is 1.61. The van der Waals surface area contributed by atoms with Gasteiger partial charge in [-0.15, -0.1) is 0 Å². The first kappa shape index (κ1) is 20.3. The van der Waals surface area contributed by atoms with Gasteiger partial charge in [-0.25, -0.2) is 0 Å². The minimum atomic E-state index is -5.79. The average molecular weight is 421 g/mol. The molecule has 28 heavy (non-hydrogen) atoms. The van der Waals surface area contributed by atoms with Crippen LogP contribution in [0.2, 0.25) is 0 Å². The van der Waals surface area contributed by atoms with Crippen molar-refractivity contribution in [1.29, 1.82) is 0 Å². The van der Waals surface area contributed by atoms with Gasteiger partial charge in [0.25, 0.3) is 0 Å². The Kier molecular flexibility index (Phi) is 5.73. The number of halogens is 3. The molecule has 1 aromatic rings. The quantitative estimate of drug-likeness (QED) is 0.580. The van der Waals surface area contributed by atoms with E-state index < -0.39 is 21.4 Å². The molecule has 1 aliphatic carbocycles. The Morgan fingerprint density at radius 2 is 1.89 bits per heavy atom. The summed E-state index contributed by atoms with van der Waals surface area (Å²) in [7, 11) is -5.79. The number of hydrogen-bond donors (Lipinski definition) is 1. The molecule has 1 saturated carbocycles. The zero-order chi connectivity index (χ0) is 20.4. The van der Waals surface area contributed by atoms with Crippen molar-refractivity contribution in [3.05, 3.63) is 30.2 Å². The van der Waals surface area contributed by atoms with Gasteiger partial charge in [0.15, 0.2) is 17.3 Å². The van der Waals surface area contributed by atoms with Crippen molar-refractivity contribution in [3.8, 4) is 17.2 Å². The van der Waals surface area contributed by atoms with E-state index in [0.29, 0.717) is 0 Å². The fourth-order valence-electron chi connectivity index (χ4n) is 2.95. The first-order chi connectivity index (χ1) is 13.2. The van der Waals surface area contributed by atoms with E-state index in [0.717, 1.165) is 44.2 Å². The molecular weight excluding hydrogens is 403 g/mol. The van der Waals surface area contributed by atoms with Crippen LogP contribution in [0, 0.1) is 5.92 Å². The summed E-state index contributed by atoms with van der Waals surface area (Å²) in [5, 5.41) is 2.74. The van der Waals surface area contributed by atoms with Gasteiger partial charge in [-0.2, -0.15) is 21.6 Å². The predicted octanol–water partition coefficient (Wildman–Crippen LogP) is 3.22. The third kappa shape index (κ3) is 4.70. The normalized spacial score (nSPS) is 17.6. The summed E-state index contributed by atoms with van der Waals surface area (Å²) in [4.78, 5) is 12.2. The van der Waals surface area contributed by atoms with Crippen molar-refractivity contribution in [1.82, 2.24) is 5.32 Å². The van der Waals surface area contributed by atoms with E-state index in [1.807, 2.05) is 0 Å². The maximum absolute atomic E-state index is 12.4. The molecule has 0 saturated heterocycles. The highest BCUT2D eigenvalue weighted by Crippen LogP contribution is 2.37. The van der Waals surface area contributed by atoms with E-state index in [4.69, 9.17) is 9.47 Å². The van der Waals surface area contributed by atoms with Crippen LogP contribution in [0.5, 0.6) is 17.2 Å². The molecule has 1 aliphatic heterocycles. The maximum Gasteiger partial charge on any atom is 0.534 e. The molecule has 1 N–H and O–H groups in total. The lowest BCUT2D eigenvalue weighted by atomic mass is 9.89. The molecule has 7 nitrogen and oxygen atoms in total. The Morgan fingerprint density at radius 3 is 2.57 bits per heavy atom. The molecule has 154 valence electrons. The van der Waals surface area contributed by atoms with Gasteiger partial charge in [-0.1, -0.05) is 19.3 Å². The number of rotatable bonds is 5. The third-order valence-electron chi connectivity index (χ3n) is 4.38. The van der Waals surface area contributed by atoms with Crippen LogP contribution in [0.3, 0.4) is 0 Å². The topological polar surface area (TPSA) is 90.9 Å². The van der Waals surface area contributed by atoms with Crippen LogP contribution in [0.1, 0.15) is 32.1 Å². The molecule has 1 amide bonds. The Labute approximate surface area is 159 Å². The zero-order valence-electron chi connectivity index (χ0n) is 14.6. The van der Waals surface area contributed by atoms with E-state index in [1.165, 1.54) is 12.3 Å². The van der Waals surface area contributed by atoms with Crippen LogP contribution in [0.15, 0.2) is 30.2 Å². The smallest absolute Gasteiger partial charge is 0.457 e. The summed E-state index contributed by atoms with van der Waals surface area (Å²) < 4.78 is 74.3. The van der Waals surface area contributed by atoms with E-state index in [9.17, 15) is 26.4 Å². The van der Waals surface area contributed by atoms with Crippen LogP contribution in [0.4, 0.5) is 13.2 Å². The number of alkyl halides is 3. The van der Waals surface area contributed by atoms with Crippen molar-refractivity contribution in [2.45, 2.75) is 37.6 Å². The van der Waals surface area contributed by atoms with Gasteiger partial charge in [-0.05, 0) is 25.0 Å². The van der Waals surface area contributed by atoms with Gasteiger partial charge < -0.3 is 19.0 Å². The van der Waals surface area contributed by atoms with Crippen molar-refractivity contribution in [2.75, 3.05) is 6.54 Å². The lowest BCUT2D eigenvalue weighted by Crippen LogP contribution is -2.34. The number of fused-ring (bicyclic) bond motifs is 1. The van der Waals surface area contributed by atoms with E-state index in [1.54, 1.807) is 0 Å². The Hall–Kier alpha value is -2.43. The molecule has 1 heterocycles. The highest BCUT2D eigenvalue weighted by Gasteiger charge is 2.48. The minimum absolute atomic E-state index is 0.0284. The van der Waals surface area contributed by atoms with Crippen LogP contribution >= 0.6 is 0 Å². The molecule has 0 aromatic heterocycles. The van der Waals surface area contributed by atoms with Crippen LogP contribution in [-0.4, -0.2) is 26.4 Å². The first-order valence-electron chi connectivity index (χ1n) is 8.62. The summed E-state index contributed by atoms with van der Waals surface area (Å²) >= 11 is 0. The number of carbonyl (C=O) groups excluding carboxylic acids is 1. The SMILES string of the molecule is O=C(NCC1=COc2ccc(OS(=O)(=O)C(F)(F)F)cc2O1)C1CCCCC1. The molecule has 0 radical (unpaired) electrons. The zero-order valence-corrected chi connectivity index (χ0v) is 15.4. The first-order valence-corrected chi connectivity index (χ1v) is 10.0. The maximum atomic E-state index is 12.4. The number of carbonyl (C=O) groups is 1.